The summed E-state index contributed by atoms with van der Waals surface area (Å²) >= 11 is 0. The summed E-state index contributed by atoms with van der Waals surface area (Å²) in [5.41, 5.74) is 8.95. The smallest absolute Gasteiger partial charge is 0.126 e. The van der Waals surface area contributed by atoms with Crippen molar-refractivity contribution in [1.29, 1.82) is 0 Å². The molecule has 0 aliphatic heterocycles. The van der Waals surface area contributed by atoms with Gasteiger partial charge in [0.25, 0.3) is 0 Å². The number of benzene rings is 1. The first-order chi connectivity index (χ1) is 9.65. The van der Waals surface area contributed by atoms with Crippen LogP contribution in [0.15, 0.2) is 36.5 Å². The van der Waals surface area contributed by atoms with Crippen molar-refractivity contribution in [3.05, 3.63) is 65.0 Å². The largest absolute Gasteiger partial charge is 0.323 e. The molecular weight excluding hydrogens is 258 g/mol. The van der Waals surface area contributed by atoms with E-state index in [4.69, 9.17) is 5.73 Å². The number of aromatic nitrogens is 1. The van der Waals surface area contributed by atoms with Gasteiger partial charge in [-0.3, -0.25) is 4.98 Å². The molecule has 2 atom stereocenters. The number of halogens is 2. The van der Waals surface area contributed by atoms with Crippen molar-refractivity contribution in [3.63, 3.8) is 0 Å². The van der Waals surface area contributed by atoms with E-state index in [1.54, 1.807) is 6.20 Å². The highest BCUT2D eigenvalue weighted by Gasteiger charge is 2.27. The minimum atomic E-state index is -0.553. The second-order valence-corrected chi connectivity index (χ2v) is 5.27. The van der Waals surface area contributed by atoms with Gasteiger partial charge in [-0.1, -0.05) is 6.07 Å². The first-order valence-electron chi connectivity index (χ1n) is 6.80. The number of hydrogen-bond acceptors (Lipinski definition) is 2. The molecule has 2 nitrogen and oxygen atoms in total. The van der Waals surface area contributed by atoms with Crippen LogP contribution in [0.5, 0.6) is 0 Å². The third kappa shape index (κ3) is 2.43. The summed E-state index contributed by atoms with van der Waals surface area (Å²) in [6.45, 7) is 0. The molecule has 0 unspecified atom stereocenters. The van der Waals surface area contributed by atoms with E-state index in [0.717, 1.165) is 36.6 Å². The highest BCUT2D eigenvalue weighted by Crippen LogP contribution is 2.37. The Labute approximate surface area is 116 Å². The van der Waals surface area contributed by atoms with E-state index < -0.39 is 11.6 Å². The third-order valence-corrected chi connectivity index (χ3v) is 3.96. The maximum atomic E-state index is 13.4. The molecule has 4 heteroatoms. The molecule has 0 spiro atoms. The van der Waals surface area contributed by atoms with Crippen LogP contribution < -0.4 is 5.73 Å². The molecule has 1 aliphatic rings. The van der Waals surface area contributed by atoms with Gasteiger partial charge in [0.1, 0.15) is 11.6 Å². The fourth-order valence-electron chi connectivity index (χ4n) is 3.01. The minimum absolute atomic E-state index is 0.0781. The standard InChI is InChI=1S/C16H16F2N2/c17-11-7-10(8-12(18)9-11)13-3-1-5-15-14(16(13)19)4-2-6-20-15/h2,4,6-9,13,16H,1,3,5,19H2/t13-,16-/m0/s1. The molecule has 2 N–H and O–H groups in total. The molecule has 3 rings (SSSR count). The van der Waals surface area contributed by atoms with Crippen LogP contribution in [0.25, 0.3) is 0 Å². The SMILES string of the molecule is N[C@@H]1c2cccnc2CCC[C@H]1c1cc(F)cc(F)c1. The minimum Gasteiger partial charge on any atom is -0.323 e. The summed E-state index contributed by atoms with van der Waals surface area (Å²) in [7, 11) is 0. The molecule has 0 saturated carbocycles. The summed E-state index contributed by atoms with van der Waals surface area (Å²) in [6, 6.07) is 7.20. The van der Waals surface area contributed by atoms with Crippen molar-refractivity contribution < 1.29 is 8.78 Å². The second kappa shape index (κ2) is 5.29. The van der Waals surface area contributed by atoms with E-state index in [9.17, 15) is 8.78 Å². The fourth-order valence-corrected chi connectivity index (χ4v) is 3.01. The number of fused-ring (bicyclic) bond motifs is 1. The van der Waals surface area contributed by atoms with Gasteiger partial charge >= 0.3 is 0 Å². The lowest BCUT2D eigenvalue weighted by molar-refractivity contribution is 0.508. The summed E-state index contributed by atoms with van der Waals surface area (Å²) in [5.74, 6) is -1.18. The van der Waals surface area contributed by atoms with Gasteiger partial charge in [-0.15, -0.1) is 0 Å². The second-order valence-electron chi connectivity index (χ2n) is 5.27. The maximum Gasteiger partial charge on any atom is 0.126 e. The molecule has 20 heavy (non-hydrogen) atoms. The van der Waals surface area contributed by atoms with E-state index in [-0.39, 0.29) is 12.0 Å². The van der Waals surface area contributed by atoms with Gasteiger partial charge in [0.05, 0.1) is 0 Å². The van der Waals surface area contributed by atoms with Gasteiger partial charge in [-0.25, -0.2) is 8.78 Å². The van der Waals surface area contributed by atoms with Crippen molar-refractivity contribution in [2.24, 2.45) is 5.73 Å². The lowest BCUT2D eigenvalue weighted by atomic mass is 9.86. The molecule has 1 aliphatic carbocycles. The molecule has 1 aromatic carbocycles. The Morgan fingerprint density at radius 1 is 1.15 bits per heavy atom. The third-order valence-electron chi connectivity index (χ3n) is 3.96. The quantitative estimate of drug-likeness (QED) is 0.809. The fraction of sp³-hybridized carbons (Fsp3) is 0.312. The number of pyridine rings is 1. The Hall–Kier alpha value is -1.81. The predicted octanol–water partition coefficient (Wildman–Crippen LogP) is 3.48. The summed E-state index contributed by atoms with van der Waals surface area (Å²) < 4.78 is 26.8. The van der Waals surface area contributed by atoms with Crippen LogP contribution in [0.4, 0.5) is 8.78 Å². The Balaban J connectivity index is 2.02. The summed E-state index contributed by atoms with van der Waals surface area (Å²) in [6.07, 6.45) is 4.34. The van der Waals surface area contributed by atoms with Gasteiger partial charge < -0.3 is 5.73 Å². The zero-order valence-corrected chi connectivity index (χ0v) is 11.0. The summed E-state index contributed by atoms with van der Waals surface area (Å²) in [5, 5.41) is 0. The Bertz CT molecular complexity index is 607. The normalized spacial score (nSPS) is 22.1. The first kappa shape index (κ1) is 13.2. The molecule has 0 fully saturated rings. The molecule has 0 amide bonds. The van der Waals surface area contributed by atoms with E-state index >= 15 is 0 Å². The monoisotopic (exact) mass is 274 g/mol. The van der Waals surface area contributed by atoms with Gasteiger partial charge in [0.2, 0.25) is 0 Å². The van der Waals surface area contributed by atoms with E-state index in [1.807, 2.05) is 12.1 Å². The zero-order valence-electron chi connectivity index (χ0n) is 11.0. The molecule has 2 aromatic rings. The van der Waals surface area contributed by atoms with Gasteiger partial charge in [0, 0.05) is 29.9 Å². The van der Waals surface area contributed by atoms with Crippen LogP contribution in [0, 0.1) is 11.6 Å². The Morgan fingerprint density at radius 2 is 1.90 bits per heavy atom. The zero-order chi connectivity index (χ0) is 14.1. The molecular formula is C16H16F2N2. The van der Waals surface area contributed by atoms with Gasteiger partial charge in [0.15, 0.2) is 0 Å². The molecule has 104 valence electrons. The van der Waals surface area contributed by atoms with Crippen LogP contribution in [0.2, 0.25) is 0 Å². The lowest BCUT2D eigenvalue weighted by Gasteiger charge is -2.23. The Morgan fingerprint density at radius 3 is 2.65 bits per heavy atom. The number of nitrogens with zero attached hydrogens (tertiary/aromatic N) is 1. The predicted molar refractivity (Wildman–Crippen MR) is 73.2 cm³/mol. The van der Waals surface area contributed by atoms with Crippen molar-refractivity contribution in [3.8, 4) is 0 Å². The molecule has 0 radical (unpaired) electrons. The van der Waals surface area contributed by atoms with Crippen molar-refractivity contribution in [2.45, 2.75) is 31.2 Å². The van der Waals surface area contributed by atoms with E-state index in [1.165, 1.54) is 12.1 Å². The van der Waals surface area contributed by atoms with Crippen LogP contribution in [0.1, 0.15) is 41.6 Å². The highest BCUT2D eigenvalue weighted by atomic mass is 19.1. The molecule has 0 saturated heterocycles. The van der Waals surface area contributed by atoms with Crippen molar-refractivity contribution in [2.75, 3.05) is 0 Å². The topological polar surface area (TPSA) is 38.9 Å². The summed E-state index contributed by atoms with van der Waals surface area (Å²) in [4.78, 5) is 4.36. The van der Waals surface area contributed by atoms with Crippen molar-refractivity contribution >= 4 is 0 Å². The van der Waals surface area contributed by atoms with Gasteiger partial charge in [-0.05, 0) is 48.6 Å². The molecule has 0 bridgehead atoms. The number of hydrogen-bond donors (Lipinski definition) is 1. The van der Waals surface area contributed by atoms with Crippen molar-refractivity contribution in [1.82, 2.24) is 4.98 Å². The number of aryl methyl sites for hydroxylation is 1. The lowest BCUT2D eigenvalue weighted by Crippen LogP contribution is -2.20. The maximum absolute atomic E-state index is 13.4. The van der Waals surface area contributed by atoms with Crippen LogP contribution >= 0.6 is 0 Å². The van der Waals surface area contributed by atoms with E-state index in [0.29, 0.717) is 5.56 Å². The Kier molecular flexibility index (Phi) is 3.49. The number of rotatable bonds is 1. The highest BCUT2D eigenvalue weighted by molar-refractivity contribution is 5.32. The molecule has 1 heterocycles. The first-order valence-corrected chi connectivity index (χ1v) is 6.80. The van der Waals surface area contributed by atoms with Gasteiger partial charge in [-0.2, -0.15) is 0 Å². The average Bonchev–Trinajstić information content (AvgIpc) is 2.58. The molecule has 1 aromatic heterocycles. The van der Waals surface area contributed by atoms with Crippen LogP contribution in [-0.2, 0) is 6.42 Å². The van der Waals surface area contributed by atoms with Crippen LogP contribution in [0.3, 0.4) is 0 Å². The van der Waals surface area contributed by atoms with Crippen LogP contribution in [-0.4, -0.2) is 4.98 Å². The van der Waals surface area contributed by atoms with E-state index in [2.05, 4.69) is 4.98 Å². The average molecular weight is 274 g/mol. The number of nitrogens with two attached hydrogens (primary N) is 1.